The maximum Gasteiger partial charge on any atom is 0.229 e. The monoisotopic (exact) mass is 243 g/mol. The summed E-state index contributed by atoms with van der Waals surface area (Å²) in [5.41, 5.74) is 1.98. The highest BCUT2D eigenvalue weighted by atomic mass is 32.2. The Balaban J connectivity index is 2.47. The van der Waals surface area contributed by atoms with E-state index in [4.69, 9.17) is 0 Å². The van der Waals surface area contributed by atoms with Crippen LogP contribution in [0.15, 0.2) is 23.4 Å². The molecule has 2 aromatic rings. The lowest BCUT2D eigenvalue weighted by atomic mass is 10.3. The minimum absolute atomic E-state index is 0.491. The molecule has 0 unspecified atom stereocenters. The van der Waals surface area contributed by atoms with Gasteiger partial charge in [-0.25, -0.2) is 13.4 Å². The maximum atomic E-state index is 11.0. The van der Waals surface area contributed by atoms with Crippen molar-refractivity contribution in [1.29, 1.82) is 0 Å². The second-order valence-electron chi connectivity index (χ2n) is 3.17. The van der Waals surface area contributed by atoms with E-state index < -0.39 is 10.0 Å². The fourth-order valence-corrected chi connectivity index (χ4v) is 2.05. The molecule has 0 bridgehead atoms. The zero-order valence-electron chi connectivity index (χ0n) is 7.85. The third-order valence-corrected chi connectivity index (χ3v) is 2.59. The molecule has 0 spiro atoms. The van der Waals surface area contributed by atoms with Crippen LogP contribution >= 0.6 is 12.6 Å². The number of rotatable bonds is 2. The highest BCUT2D eigenvalue weighted by Gasteiger charge is 2.04. The van der Waals surface area contributed by atoms with Crippen molar-refractivity contribution < 1.29 is 8.42 Å². The molecule has 0 aliphatic rings. The number of thiol groups is 1. The van der Waals surface area contributed by atoms with Crippen LogP contribution in [0.2, 0.25) is 0 Å². The molecule has 0 atom stereocenters. The molecule has 0 radical (unpaired) electrons. The largest absolute Gasteiger partial charge is 0.333 e. The summed E-state index contributed by atoms with van der Waals surface area (Å²) < 4.78 is 24.4. The number of benzene rings is 1. The van der Waals surface area contributed by atoms with Gasteiger partial charge in [0.05, 0.1) is 23.0 Å². The van der Waals surface area contributed by atoms with E-state index in [1.54, 1.807) is 18.2 Å². The third-order valence-electron chi connectivity index (χ3n) is 1.77. The molecule has 5 nitrogen and oxygen atoms in total. The van der Waals surface area contributed by atoms with Crippen molar-refractivity contribution in [3.63, 3.8) is 0 Å². The molecule has 0 amide bonds. The normalized spacial score (nSPS) is 11.9. The summed E-state index contributed by atoms with van der Waals surface area (Å²) in [4.78, 5) is 7.00. The predicted octanol–water partition coefficient (Wildman–Crippen LogP) is 1.22. The SMILES string of the molecule is CS(=O)(=O)Nc1ccc2[nH]c(S)nc2c1. The molecule has 0 saturated heterocycles. The summed E-state index contributed by atoms with van der Waals surface area (Å²) in [5.74, 6) is 0. The van der Waals surface area contributed by atoms with Crippen molar-refractivity contribution >= 4 is 39.4 Å². The number of fused-ring (bicyclic) bond motifs is 1. The third kappa shape index (κ3) is 2.42. The van der Waals surface area contributed by atoms with Gasteiger partial charge in [0, 0.05) is 0 Å². The summed E-state index contributed by atoms with van der Waals surface area (Å²) in [7, 11) is -3.25. The lowest BCUT2D eigenvalue weighted by molar-refractivity contribution is 0.607. The van der Waals surface area contributed by atoms with Crippen LogP contribution in [0.25, 0.3) is 11.0 Å². The van der Waals surface area contributed by atoms with Gasteiger partial charge in [-0.1, -0.05) is 0 Å². The molecule has 0 aliphatic carbocycles. The predicted molar refractivity (Wildman–Crippen MR) is 61.8 cm³/mol. The molecular formula is C8H9N3O2S2. The summed E-state index contributed by atoms with van der Waals surface area (Å²) in [6.07, 6.45) is 1.10. The quantitative estimate of drug-likeness (QED) is 0.694. The summed E-state index contributed by atoms with van der Waals surface area (Å²) in [6, 6.07) is 5.05. The molecule has 0 fully saturated rings. The zero-order chi connectivity index (χ0) is 11.1. The Morgan fingerprint density at radius 1 is 1.47 bits per heavy atom. The second-order valence-corrected chi connectivity index (χ2v) is 5.34. The van der Waals surface area contributed by atoms with E-state index in [1.165, 1.54) is 0 Å². The first-order valence-corrected chi connectivity index (χ1v) is 6.44. The minimum Gasteiger partial charge on any atom is -0.333 e. The molecule has 0 saturated carbocycles. The van der Waals surface area contributed by atoms with E-state index in [1.807, 2.05) is 0 Å². The number of hydrogen-bond donors (Lipinski definition) is 3. The molecule has 15 heavy (non-hydrogen) atoms. The lowest BCUT2D eigenvalue weighted by Crippen LogP contribution is -2.09. The van der Waals surface area contributed by atoms with Crippen molar-refractivity contribution in [3.05, 3.63) is 18.2 Å². The molecule has 0 aliphatic heterocycles. The fraction of sp³-hybridized carbons (Fsp3) is 0.125. The molecule has 7 heteroatoms. The number of H-pyrrole nitrogens is 1. The van der Waals surface area contributed by atoms with E-state index in [2.05, 4.69) is 27.3 Å². The lowest BCUT2D eigenvalue weighted by Gasteiger charge is -2.02. The van der Waals surface area contributed by atoms with Crippen molar-refractivity contribution in [2.75, 3.05) is 11.0 Å². The van der Waals surface area contributed by atoms with E-state index in [-0.39, 0.29) is 0 Å². The average Bonchev–Trinajstić information content (AvgIpc) is 2.40. The zero-order valence-corrected chi connectivity index (χ0v) is 9.56. The van der Waals surface area contributed by atoms with Crippen molar-refractivity contribution in [2.24, 2.45) is 0 Å². The van der Waals surface area contributed by atoms with Gasteiger partial charge in [-0.3, -0.25) is 4.72 Å². The first-order chi connectivity index (χ1) is 6.94. The first-order valence-electron chi connectivity index (χ1n) is 4.10. The highest BCUT2D eigenvalue weighted by Crippen LogP contribution is 2.18. The smallest absolute Gasteiger partial charge is 0.229 e. The van der Waals surface area contributed by atoms with E-state index >= 15 is 0 Å². The molecule has 1 aromatic carbocycles. The molecule has 80 valence electrons. The summed E-state index contributed by atoms with van der Waals surface area (Å²) in [6.45, 7) is 0. The van der Waals surface area contributed by atoms with Gasteiger partial charge >= 0.3 is 0 Å². The van der Waals surface area contributed by atoms with Gasteiger partial charge < -0.3 is 4.98 Å². The molecule has 2 N–H and O–H groups in total. The van der Waals surface area contributed by atoms with Crippen LogP contribution in [0.4, 0.5) is 5.69 Å². The van der Waals surface area contributed by atoms with Gasteiger partial charge in [0.25, 0.3) is 0 Å². The van der Waals surface area contributed by atoms with Crippen LogP contribution in [0.3, 0.4) is 0 Å². The van der Waals surface area contributed by atoms with Gasteiger partial charge in [-0.2, -0.15) is 0 Å². The van der Waals surface area contributed by atoms with Gasteiger partial charge in [0.2, 0.25) is 10.0 Å². The fourth-order valence-electron chi connectivity index (χ4n) is 1.27. The number of anilines is 1. The van der Waals surface area contributed by atoms with E-state index in [0.29, 0.717) is 16.4 Å². The summed E-state index contributed by atoms with van der Waals surface area (Å²) >= 11 is 4.06. The van der Waals surface area contributed by atoms with Crippen LogP contribution in [0.1, 0.15) is 0 Å². The van der Waals surface area contributed by atoms with Gasteiger partial charge in [0.15, 0.2) is 5.16 Å². The Hall–Kier alpha value is -1.21. The Morgan fingerprint density at radius 2 is 2.20 bits per heavy atom. The minimum atomic E-state index is -3.25. The standard InChI is InChI=1S/C8H9N3O2S2/c1-15(12,13)11-5-2-3-6-7(4-5)10-8(14)9-6/h2-4,11H,1H3,(H2,9,10,14). The Morgan fingerprint density at radius 3 is 2.87 bits per heavy atom. The van der Waals surface area contributed by atoms with Gasteiger partial charge in [-0.15, -0.1) is 12.6 Å². The topological polar surface area (TPSA) is 74.8 Å². The number of sulfonamides is 1. The Kier molecular flexibility index (Phi) is 2.35. The van der Waals surface area contributed by atoms with Crippen molar-refractivity contribution in [2.45, 2.75) is 5.16 Å². The van der Waals surface area contributed by atoms with Crippen LogP contribution in [0.5, 0.6) is 0 Å². The Bertz CT molecular complexity index is 603. The number of imidazole rings is 1. The summed E-state index contributed by atoms with van der Waals surface area (Å²) in [5, 5.41) is 0.501. The first kappa shape index (κ1) is 10.3. The number of aromatic nitrogens is 2. The van der Waals surface area contributed by atoms with Crippen LogP contribution < -0.4 is 4.72 Å². The van der Waals surface area contributed by atoms with Crippen LogP contribution in [0, 0.1) is 0 Å². The van der Waals surface area contributed by atoms with E-state index in [0.717, 1.165) is 11.8 Å². The maximum absolute atomic E-state index is 11.0. The highest BCUT2D eigenvalue weighted by molar-refractivity contribution is 7.92. The number of nitrogens with one attached hydrogen (secondary N) is 2. The molecular weight excluding hydrogens is 234 g/mol. The molecule has 2 rings (SSSR count). The van der Waals surface area contributed by atoms with E-state index in [9.17, 15) is 8.42 Å². The number of hydrogen-bond acceptors (Lipinski definition) is 4. The number of nitrogens with zero attached hydrogens (tertiary/aromatic N) is 1. The van der Waals surface area contributed by atoms with Crippen LogP contribution in [-0.4, -0.2) is 24.6 Å². The van der Waals surface area contributed by atoms with Crippen molar-refractivity contribution in [1.82, 2.24) is 9.97 Å². The van der Waals surface area contributed by atoms with Crippen LogP contribution in [-0.2, 0) is 10.0 Å². The molecule has 1 heterocycles. The Labute approximate surface area is 92.4 Å². The van der Waals surface area contributed by atoms with Gasteiger partial charge in [0.1, 0.15) is 0 Å². The second kappa shape index (κ2) is 3.42. The average molecular weight is 243 g/mol. The number of aromatic amines is 1. The van der Waals surface area contributed by atoms with Crippen molar-refractivity contribution in [3.8, 4) is 0 Å². The van der Waals surface area contributed by atoms with Gasteiger partial charge in [-0.05, 0) is 18.2 Å². The molecule has 1 aromatic heterocycles.